The largest absolute Gasteiger partial charge is 0.375 e. The van der Waals surface area contributed by atoms with Crippen molar-refractivity contribution in [2.75, 3.05) is 13.2 Å². The van der Waals surface area contributed by atoms with Gasteiger partial charge in [-0.25, -0.2) is 13.1 Å². The molecule has 0 amide bonds. The number of benzene rings is 2. The Morgan fingerprint density at radius 2 is 1.78 bits per heavy atom. The molecule has 0 spiro atoms. The Kier molecular flexibility index (Phi) is 6.87. The first kappa shape index (κ1) is 18.2. The van der Waals surface area contributed by atoms with Crippen LogP contribution in [0.3, 0.4) is 0 Å². The molecule has 0 aliphatic heterocycles. The van der Waals surface area contributed by atoms with Crippen LogP contribution in [0, 0.1) is 0 Å². The molecule has 0 saturated heterocycles. The standard InChI is InChI=1S/C16H17Cl2NO3S/c17-15-7-6-14(16(18)10-15)12-23(20,21)19-8-9-22-11-13-4-2-1-3-5-13/h1-7,10,19H,8-9,11-12H2. The maximum absolute atomic E-state index is 12.0. The molecule has 1 N–H and O–H groups in total. The fraction of sp³-hybridized carbons (Fsp3) is 0.250. The highest BCUT2D eigenvalue weighted by atomic mass is 35.5. The van der Waals surface area contributed by atoms with E-state index in [4.69, 9.17) is 27.9 Å². The van der Waals surface area contributed by atoms with Crippen LogP contribution in [0.4, 0.5) is 0 Å². The zero-order chi connectivity index (χ0) is 16.7. The molecule has 0 aromatic heterocycles. The van der Waals surface area contributed by atoms with Gasteiger partial charge in [-0.1, -0.05) is 59.6 Å². The van der Waals surface area contributed by atoms with E-state index in [2.05, 4.69) is 4.72 Å². The van der Waals surface area contributed by atoms with Crippen LogP contribution >= 0.6 is 23.2 Å². The lowest BCUT2D eigenvalue weighted by molar-refractivity contribution is 0.126. The van der Waals surface area contributed by atoms with Crippen LogP contribution in [0.5, 0.6) is 0 Å². The summed E-state index contributed by atoms with van der Waals surface area (Å²) in [6.45, 7) is 0.953. The molecule has 0 aliphatic carbocycles. The number of nitrogens with one attached hydrogen (secondary N) is 1. The van der Waals surface area contributed by atoms with Crippen LogP contribution in [0.2, 0.25) is 10.0 Å². The Morgan fingerprint density at radius 3 is 2.48 bits per heavy atom. The second-order valence-corrected chi connectivity index (χ2v) is 7.58. The molecule has 2 rings (SSSR count). The minimum atomic E-state index is -3.47. The summed E-state index contributed by atoms with van der Waals surface area (Å²) in [5.41, 5.74) is 1.55. The zero-order valence-corrected chi connectivity index (χ0v) is 14.7. The van der Waals surface area contributed by atoms with Crippen molar-refractivity contribution in [1.82, 2.24) is 4.72 Å². The first-order valence-electron chi connectivity index (χ1n) is 6.99. The molecule has 23 heavy (non-hydrogen) atoms. The minimum absolute atomic E-state index is 0.193. The average molecular weight is 374 g/mol. The number of rotatable bonds is 8. The summed E-state index contributed by atoms with van der Waals surface area (Å²) in [5, 5.41) is 0.807. The van der Waals surface area contributed by atoms with E-state index in [1.54, 1.807) is 12.1 Å². The number of hydrogen-bond donors (Lipinski definition) is 1. The SMILES string of the molecule is O=S(=O)(Cc1ccc(Cl)cc1Cl)NCCOCc1ccccc1. The van der Waals surface area contributed by atoms with Crippen molar-refractivity contribution in [3.63, 3.8) is 0 Å². The third-order valence-corrected chi connectivity index (χ3v) is 4.96. The van der Waals surface area contributed by atoms with Crippen LogP contribution < -0.4 is 4.72 Å². The van der Waals surface area contributed by atoms with E-state index in [1.807, 2.05) is 30.3 Å². The van der Waals surface area contributed by atoms with Gasteiger partial charge in [-0.15, -0.1) is 0 Å². The topological polar surface area (TPSA) is 55.4 Å². The summed E-state index contributed by atoms with van der Waals surface area (Å²) in [5.74, 6) is -0.193. The average Bonchev–Trinajstić information content (AvgIpc) is 2.51. The van der Waals surface area contributed by atoms with Gasteiger partial charge in [0.15, 0.2) is 0 Å². The summed E-state index contributed by atoms with van der Waals surface area (Å²) in [7, 11) is -3.47. The molecule has 2 aromatic carbocycles. The van der Waals surface area contributed by atoms with E-state index >= 15 is 0 Å². The number of hydrogen-bond acceptors (Lipinski definition) is 3. The van der Waals surface area contributed by atoms with Crippen LogP contribution in [-0.2, 0) is 27.1 Å². The maximum atomic E-state index is 12.0. The number of halogens is 2. The van der Waals surface area contributed by atoms with Gasteiger partial charge in [0, 0.05) is 16.6 Å². The molecule has 0 fully saturated rings. The van der Waals surface area contributed by atoms with Gasteiger partial charge in [0.05, 0.1) is 19.0 Å². The second-order valence-electron chi connectivity index (χ2n) is 4.93. The van der Waals surface area contributed by atoms with Crippen molar-refractivity contribution in [3.05, 3.63) is 69.7 Å². The Hall–Kier alpha value is -1.11. The Morgan fingerprint density at radius 1 is 1.04 bits per heavy atom. The lowest BCUT2D eigenvalue weighted by Crippen LogP contribution is -2.28. The molecule has 2 aromatic rings. The smallest absolute Gasteiger partial charge is 0.215 e. The van der Waals surface area contributed by atoms with Crippen molar-refractivity contribution in [2.24, 2.45) is 0 Å². The predicted molar refractivity (Wildman–Crippen MR) is 93.2 cm³/mol. The van der Waals surface area contributed by atoms with Crippen molar-refractivity contribution < 1.29 is 13.2 Å². The van der Waals surface area contributed by atoms with E-state index in [0.29, 0.717) is 28.8 Å². The fourth-order valence-corrected chi connectivity index (χ4v) is 3.64. The third kappa shape index (κ3) is 6.49. The Balaban J connectivity index is 1.75. The normalized spacial score (nSPS) is 11.6. The first-order valence-corrected chi connectivity index (χ1v) is 9.40. The summed E-state index contributed by atoms with van der Waals surface area (Å²) in [6, 6.07) is 14.4. The van der Waals surface area contributed by atoms with Gasteiger partial charge in [-0.3, -0.25) is 0 Å². The highest BCUT2D eigenvalue weighted by Gasteiger charge is 2.13. The molecule has 124 valence electrons. The third-order valence-electron chi connectivity index (χ3n) is 3.04. The van der Waals surface area contributed by atoms with Crippen molar-refractivity contribution in [3.8, 4) is 0 Å². The molecule has 0 unspecified atom stereocenters. The second kappa shape index (κ2) is 8.66. The summed E-state index contributed by atoms with van der Waals surface area (Å²) >= 11 is 11.8. The predicted octanol–water partition coefficient (Wildman–Crippen LogP) is 3.63. The highest BCUT2D eigenvalue weighted by Crippen LogP contribution is 2.22. The van der Waals surface area contributed by atoms with Gasteiger partial charge in [0.25, 0.3) is 0 Å². The Labute approximate surface area is 146 Å². The summed E-state index contributed by atoms with van der Waals surface area (Å²) < 4.78 is 31.9. The Bertz CT molecular complexity index is 736. The first-order chi connectivity index (χ1) is 11.0. The molecule has 0 atom stereocenters. The lowest BCUT2D eigenvalue weighted by atomic mass is 10.2. The molecule has 0 aliphatic rings. The van der Waals surface area contributed by atoms with Crippen molar-refractivity contribution in [1.29, 1.82) is 0 Å². The van der Waals surface area contributed by atoms with Crippen molar-refractivity contribution >= 4 is 33.2 Å². The minimum Gasteiger partial charge on any atom is -0.375 e. The van der Waals surface area contributed by atoms with E-state index in [0.717, 1.165) is 5.56 Å². The van der Waals surface area contributed by atoms with Gasteiger partial charge >= 0.3 is 0 Å². The molecule has 0 heterocycles. The molecular formula is C16H17Cl2NO3S. The van der Waals surface area contributed by atoms with E-state index < -0.39 is 10.0 Å². The fourth-order valence-electron chi connectivity index (χ4n) is 1.93. The molecule has 7 heteroatoms. The van der Waals surface area contributed by atoms with Gasteiger partial charge in [-0.05, 0) is 23.3 Å². The van der Waals surface area contributed by atoms with Crippen LogP contribution in [0.15, 0.2) is 48.5 Å². The van der Waals surface area contributed by atoms with Crippen molar-refractivity contribution in [2.45, 2.75) is 12.4 Å². The van der Waals surface area contributed by atoms with E-state index in [9.17, 15) is 8.42 Å². The summed E-state index contributed by atoms with van der Waals surface area (Å²) in [6.07, 6.45) is 0. The monoisotopic (exact) mass is 373 g/mol. The number of ether oxygens (including phenoxy) is 1. The molecule has 0 saturated carbocycles. The van der Waals surface area contributed by atoms with Gasteiger partial charge < -0.3 is 4.74 Å². The van der Waals surface area contributed by atoms with Crippen LogP contribution in [-0.4, -0.2) is 21.6 Å². The number of sulfonamides is 1. The molecule has 4 nitrogen and oxygen atoms in total. The lowest BCUT2D eigenvalue weighted by Gasteiger charge is -2.09. The van der Waals surface area contributed by atoms with E-state index in [-0.39, 0.29) is 12.3 Å². The quantitative estimate of drug-likeness (QED) is 0.718. The van der Waals surface area contributed by atoms with Crippen LogP contribution in [0.25, 0.3) is 0 Å². The van der Waals surface area contributed by atoms with E-state index in [1.165, 1.54) is 6.07 Å². The van der Waals surface area contributed by atoms with Gasteiger partial charge in [0.2, 0.25) is 10.0 Å². The molecule has 0 bridgehead atoms. The maximum Gasteiger partial charge on any atom is 0.215 e. The highest BCUT2D eigenvalue weighted by molar-refractivity contribution is 7.88. The zero-order valence-electron chi connectivity index (χ0n) is 12.3. The van der Waals surface area contributed by atoms with Crippen LogP contribution in [0.1, 0.15) is 11.1 Å². The molecule has 0 radical (unpaired) electrons. The molecular weight excluding hydrogens is 357 g/mol. The summed E-state index contributed by atoms with van der Waals surface area (Å²) in [4.78, 5) is 0. The van der Waals surface area contributed by atoms with Gasteiger partial charge in [0.1, 0.15) is 0 Å². The van der Waals surface area contributed by atoms with Gasteiger partial charge in [-0.2, -0.15) is 0 Å².